The normalized spacial score (nSPS) is 15.5. The lowest BCUT2D eigenvalue weighted by molar-refractivity contribution is -0.115. The van der Waals surface area contributed by atoms with E-state index in [1.807, 2.05) is 24.3 Å². The molecule has 1 saturated heterocycles. The number of morpholine rings is 1. The van der Waals surface area contributed by atoms with E-state index >= 15 is 0 Å². The summed E-state index contributed by atoms with van der Waals surface area (Å²) in [5, 5.41) is 3.69. The van der Waals surface area contributed by atoms with Gasteiger partial charge in [0.1, 0.15) is 16.6 Å². The number of thioether (sulfide) groups is 1. The quantitative estimate of drug-likeness (QED) is 0.388. The van der Waals surface area contributed by atoms with E-state index in [0.29, 0.717) is 30.6 Å². The summed E-state index contributed by atoms with van der Waals surface area (Å²) >= 11 is 1.30. The van der Waals surface area contributed by atoms with E-state index in [0.717, 1.165) is 24.0 Å². The molecule has 2 aromatic carbocycles. The minimum absolute atomic E-state index is 0.0849. The molecule has 33 heavy (non-hydrogen) atoms. The molecule has 0 saturated carbocycles. The molecule has 1 aliphatic heterocycles. The molecule has 1 fully saturated rings. The smallest absolute Gasteiger partial charge is 0.387 e. The zero-order valence-electron chi connectivity index (χ0n) is 18.0. The summed E-state index contributed by atoms with van der Waals surface area (Å²) in [6, 6.07) is 13.8. The Morgan fingerprint density at radius 3 is 2.67 bits per heavy atom. The predicted octanol–water partition coefficient (Wildman–Crippen LogP) is 4.18. The largest absolute Gasteiger partial charge is 0.433 e. The molecule has 1 N–H and O–H groups in total. The maximum absolute atomic E-state index is 12.9. The predicted molar refractivity (Wildman–Crippen MR) is 123 cm³/mol. The average molecular weight is 475 g/mol. The van der Waals surface area contributed by atoms with Gasteiger partial charge in [-0.25, -0.2) is 9.97 Å². The van der Waals surface area contributed by atoms with Gasteiger partial charge in [-0.05, 0) is 25.1 Å². The fourth-order valence-electron chi connectivity index (χ4n) is 3.44. The van der Waals surface area contributed by atoms with Gasteiger partial charge in [-0.15, -0.1) is 0 Å². The molecule has 174 valence electrons. The maximum atomic E-state index is 12.9. The van der Waals surface area contributed by atoms with Gasteiger partial charge in [-0.1, -0.05) is 42.1 Å². The van der Waals surface area contributed by atoms with Crippen LogP contribution >= 0.6 is 11.8 Å². The van der Waals surface area contributed by atoms with Crippen LogP contribution in [-0.2, 0) is 16.1 Å². The molecule has 0 radical (unpaired) electrons. The number of amides is 1. The SMILES string of the molecule is CC(Sc1nc(CN2CCOCC2)nc2ccccc12)C(=O)Nc1ccccc1OC(F)F. The average Bonchev–Trinajstić information content (AvgIpc) is 2.80. The monoisotopic (exact) mass is 474 g/mol. The van der Waals surface area contributed by atoms with Crippen LogP contribution in [0.15, 0.2) is 53.6 Å². The number of aromatic nitrogens is 2. The highest BCUT2D eigenvalue weighted by Gasteiger charge is 2.21. The van der Waals surface area contributed by atoms with Gasteiger partial charge < -0.3 is 14.8 Å². The lowest BCUT2D eigenvalue weighted by atomic mass is 10.2. The second-order valence-electron chi connectivity index (χ2n) is 7.47. The first-order valence-corrected chi connectivity index (χ1v) is 11.4. The number of benzene rings is 2. The van der Waals surface area contributed by atoms with Gasteiger partial charge in [0.25, 0.3) is 0 Å². The summed E-state index contributed by atoms with van der Waals surface area (Å²) in [5.74, 6) is 0.252. The summed E-state index contributed by atoms with van der Waals surface area (Å²) in [6.07, 6.45) is 0. The minimum atomic E-state index is -2.98. The van der Waals surface area contributed by atoms with Gasteiger partial charge in [0.05, 0.1) is 36.2 Å². The van der Waals surface area contributed by atoms with E-state index in [2.05, 4.69) is 15.0 Å². The van der Waals surface area contributed by atoms with Crippen LogP contribution in [0.1, 0.15) is 12.7 Å². The molecule has 1 aromatic heterocycles. The van der Waals surface area contributed by atoms with Crippen LogP contribution in [0.4, 0.5) is 14.5 Å². The molecule has 1 aliphatic rings. The van der Waals surface area contributed by atoms with Crippen molar-refractivity contribution in [2.75, 3.05) is 31.6 Å². The van der Waals surface area contributed by atoms with Crippen molar-refractivity contribution >= 4 is 34.3 Å². The lowest BCUT2D eigenvalue weighted by Gasteiger charge is -2.26. The highest BCUT2D eigenvalue weighted by molar-refractivity contribution is 8.00. The summed E-state index contributed by atoms with van der Waals surface area (Å²) in [7, 11) is 0. The second kappa shape index (κ2) is 10.9. The van der Waals surface area contributed by atoms with Gasteiger partial charge >= 0.3 is 6.61 Å². The molecule has 0 bridgehead atoms. The number of hydrogen-bond acceptors (Lipinski definition) is 7. The first kappa shape index (κ1) is 23.3. The summed E-state index contributed by atoms with van der Waals surface area (Å²) in [4.78, 5) is 24.5. The van der Waals surface area contributed by atoms with Gasteiger partial charge in [0, 0.05) is 18.5 Å². The van der Waals surface area contributed by atoms with Gasteiger partial charge in [-0.2, -0.15) is 8.78 Å². The summed E-state index contributed by atoms with van der Waals surface area (Å²) in [6.45, 7) is 2.36. The van der Waals surface area contributed by atoms with Crippen molar-refractivity contribution in [2.24, 2.45) is 0 Å². The Kier molecular flexibility index (Phi) is 7.69. The molecule has 3 aromatic rings. The topological polar surface area (TPSA) is 76.6 Å². The Morgan fingerprint density at radius 2 is 1.88 bits per heavy atom. The van der Waals surface area contributed by atoms with E-state index in [9.17, 15) is 13.6 Å². The van der Waals surface area contributed by atoms with E-state index < -0.39 is 11.9 Å². The van der Waals surface area contributed by atoms with Crippen LogP contribution in [0, 0.1) is 0 Å². The number of carbonyl (C=O) groups is 1. The number of carbonyl (C=O) groups excluding carboxylic acids is 1. The highest BCUT2D eigenvalue weighted by Crippen LogP contribution is 2.31. The minimum Gasteiger partial charge on any atom is -0.433 e. The maximum Gasteiger partial charge on any atom is 0.387 e. The number of nitrogens with one attached hydrogen (secondary N) is 1. The van der Waals surface area contributed by atoms with E-state index in [1.165, 1.54) is 23.9 Å². The van der Waals surface area contributed by atoms with E-state index in [-0.39, 0.29) is 17.3 Å². The summed E-state index contributed by atoms with van der Waals surface area (Å²) < 4.78 is 35.3. The van der Waals surface area contributed by atoms with Crippen molar-refractivity contribution in [3.63, 3.8) is 0 Å². The number of anilines is 1. The Balaban J connectivity index is 1.52. The molecular formula is C23H24F2N4O3S. The van der Waals surface area contributed by atoms with Crippen LogP contribution < -0.4 is 10.1 Å². The highest BCUT2D eigenvalue weighted by atomic mass is 32.2. The molecule has 4 rings (SSSR count). The van der Waals surface area contributed by atoms with Crippen LogP contribution in [0.3, 0.4) is 0 Å². The molecule has 1 atom stereocenters. The fourth-order valence-corrected chi connectivity index (χ4v) is 4.40. The molecular weight excluding hydrogens is 450 g/mol. The second-order valence-corrected chi connectivity index (χ2v) is 8.80. The number of para-hydroxylation sites is 3. The summed E-state index contributed by atoms with van der Waals surface area (Å²) in [5.41, 5.74) is 0.998. The van der Waals surface area contributed by atoms with Crippen LogP contribution in [0.2, 0.25) is 0 Å². The van der Waals surface area contributed by atoms with Crippen molar-refractivity contribution in [3.8, 4) is 5.75 Å². The first-order valence-electron chi connectivity index (χ1n) is 10.6. The number of rotatable bonds is 8. The van der Waals surface area contributed by atoms with Crippen molar-refractivity contribution in [1.29, 1.82) is 0 Å². The number of fused-ring (bicyclic) bond motifs is 1. The Bertz CT molecular complexity index is 1110. The number of nitrogens with zero attached hydrogens (tertiary/aromatic N) is 3. The van der Waals surface area contributed by atoms with Crippen LogP contribution in [0.5, 0.6) is 5.75 Å². The molecule has 1 unspecified atom stereocenters. The number of halogens is 2. The van der Waals surface area contributed by atoms with Crippen LogP contribution in [0.25, 0.3) is 10.9 Å². The third kappa shape index (κ3) is 6.16. The molecule has 10 heteroatoms. The lowest BCUT2D eigenvalue weighted by Crippen LogP contribution is -2.36. The van der Waals surface area contributed by atoms with Gasteiger partial charge in [-0.3, -0.25) is 9.69 Å². The number of ether oxygens (including phenoxy) is 2. The molecule has 7 nitrogen and oxygen atoms in total. The molecule has 2 heterocycles. The van der Waals surface area contributed by atoms with Gasteiger partial charge in [0.2, 0.25) is 5.91 Å². The van der Waals surface area contributed by atoms with E-state index in [1.54, 1.807) is 19.1 Å². The third-order valence-electron chi connectivity index (χ3n) is 5.10. The standard InChI is InChI=1S/C23H24F2N4O3S/c1-15(21(30)27-18-8-4-5-9-19(18)32-23(24)25)33-22-16-6-2-3-7-17(16)26-20(28-22)14-29-10-12-31-13-11-29/h2-9,15,23H,10-14H2,1H3,(H,27,30). The Hall–Kier alpha value is -2.82. The number of hydrogen-bond donors (Lipinski definition) is 1. The zero-order valence-corrected chi connectivity index (χ0v) is 18.9. The molecule has 0 aliphatic carbocycles. The van der Waals surface area contributed by atoms with Crippen molar-refractivity contribution in [2.45, 2.75) is 30.4 Å². The number of alkyl halides is 2. The van der Waals surface area contributed by atoms with Crippen molar-refractivity contribution in [3.05, 3.63) is 54.4 Å². The molecule has 1 amide bonds. The third-order valence-corrected chi connectivity index (χ3v) is 6.20. The van der Waals surface area contributed by atoms with Crippen molar-refractivity contribution < 1.29 is 23.0 Å². The van der Waals surface area contributed by atoms with Gasteiger partial charge in [0.15, 0.2) is 0 Å². The fraction of sp³-hybridized carbons (Fsp3) is 0.348. The van der Waals surface area contributed by atoms with Crippen molar-refractivity contribution in [1.82, 2.24) is 14.9 Å². The van der Waals surface area contributed by atoms with Crippen LogP contribution in [-0.4, -0.2) is 58.9 Å². The van der Waals surface area contributed by atoms with E-state index in [4.69, 9.17) is 14.7 Å². The molecule has 0 spiro atoms. The Morgan fingerprint density at radius 1 is 1.15 bits per heavy atom. The zero-order chi connectivity index (χ0) is 23.2. The Labute approximate surface area is 194 Å². The first-order chi connectivity index (χ1) is 16.0.